The van der Waals surface area contributed by atoms with E-state index in [1.165, 1.54) is 36.4 Å². The number of benzene rings is 2. The van der Waals surface area contributed by atoms with Crippen LogP contribution in [-0.4, -0.2) is 11.0 Å². The summed E-state index contributed by atoms with van der Waals surface area (Å²) in [5.74, 6) is 0.397. The number of ether oxygens (including phenoxy) is 2. The Bertz CT molecular complexity index is 890. The van der Waals surface area contributed by atoms with Gasteiger partial charge >= 0.3 is 0 Å². The molecule has 0 aromatic heterocycles. The molecule has 2 aromatic carbocycles. The smallest absolute Gasteiger partial charge is 0.291 e. The van der Waals surface area contributed by atoms with Gasteiger partial charge in [-0.05, 0) is 25.3 Å². The maximum Gasteiger partial charge on any atom is 0.291 e. The standard InChI is InChI=1S/C19H16F2N2O4/c1-11(12-2-4-13(5-3-12)19(20)21)26-17-8-14(10-22)16(23(24)25)9-18(17)27-15-6-7-15/h2-5,8-9,11,15,19H,6-7H2,1H3. The fourth-order valence-electron chi connectivity index (χ4n) is 2.51. The van der Waals surface area contributed by atoms with Gasteiger partial charge in [0.25, 0.3) is 12.1 Å². The lowest BCUT2D eigenvalue weighted by Crippen LogP contribution is -2.07. The minimum Gasteiger partial charge on any atom is -0.486 e. The zero-order valence-electron chi connectivity index (χ0n) is 14.4. The van der Waals surface area contributed by atoms with Crippen LogP contribution in [0.25, 0.3) is 0 Å². The van der Waals surface area contributed by atoms with Crippen LogP contribution in [0.4, 0.5) is 14.5 Å². The van der Waals surface area contributed by atoms with E-state index in [0.717, 1.165) is 12.8 Å². The van der Waals surface area contributed by atoms with Crippen molar-refractivity contribution in [1.82, 2.24) is 0 Å². The molecule has 6 nitrogen and oxygen atoms in total. The Morgan fingerprint density at radius 1 is 1.19 bits per heavy atom. The Morgan fingerprint density at radius 3 is 2.33 bits per heavy atom. The summed E-state index contributed by atoms with van der Waals surface area (Å²) in [6, 6.07) is 9.96. The molecule has 1 fully saturated rings. The van der Waals surface area contributed by atoms with Crippen molar-refractivity contribution in [2.75, 3.05) is 0 Å². The molecule has 1 aliphatic carbocycles. The molecule has 0 amide bonds. The topological polar surface area (TPSA) is 85.4 Å². The van der Waals surface area contributed by atoms with Gasteiger partial charge in [0.05, 0.1) is 17.1 Å². The van der Waals surface area contributed by atoms with Gasteiger partial charge in [-0.2, -0.15) is 5.26 Å². The first-order valence-corrected chi connectivity index (χ1v) is 8.33. The third-order valence-corrected chi connectivity index (χ3v) is 4.16. The highest BCUT2D eigenvalue weighted by Crippen LogP contribution is 2.40. The molecule has 0 aliphatic heterocycles. The van der Waals surface area contributed by atoms with E-state index in [0.29, 0.717) is 5.56 Å². The van der Waals surface area contributed by atoms with Crippen LogP contribution in [0.2, 0.25) is 0 Å². The van der Waals surface area contributed by atoms with Gasteiger partial charge in [-0.15, -0.1) is 0 Å². The van der Waals surface area contributed by atoms with E-state index in [9.17, 15) is 24.2 Å². The third-order valence-electron chi connectivity index (χ3n) is 4.16. The first-order valence-electron chi connectivity index (χ1n) is 8.33. The predicted octanol–water partition coefficient (Wildman–Crippen LogP) is 5.09. The molecular formula is C19H16F2N2O4. The SMILES string of the molecule is CC(Oc1cc(C#N)c([N+](=O)[O-])cc1OC1CC1)c1ccc(C(F)F)cc1. The summed E-state index contributed by atoms with van der Waals surface area (Å²) < 4.78 is 36.9. The number of alkyl halides is 2. The largest absolute Gasteiger partial charge is 0.486 e. The minimum atomic E-state index is -2.55. The number of hydrogen-bond donors (Lipinski definition) is 0. The molecule has 1 unspecified atom stereocenters. The second kappa shape index (κ2) is 7.58. The van der Waals surface area contributed by atoms with Crippen molar-refractivity contribution in [3.63, 3.8) is 0 Å². The van der Waals surface area contributed by atoms with Gasteiger partial charge in [0.1, 0.15) is 17.7 Å². The molecular weight excluding hydrogens is 358 g/mol. The quantitative estimate of drug-likeness (QED) is 0.498. The Morgan fingerprint density at radius 2 is 1.81 bits per heavy atom. The van der Waals surface area contributed by atoms with Gasteiger partial charge in [0.15, 0.2) is 11.5 Å². The van der Waals surface area contributed by atoms with Gasteiger partial charge < -0.3 is 9.47 Å². The van der Waals surface area contributed by atoms with Crippen molar-refractivity contribution in [2.45, 2.75) is 38.4 Å². The lowest BCUT2D eigenvalue weighted by molar-refractivity contribution is -0.385. The van der Waals surface area contributed by atoms with Crippen molar-refractivity contribution in [2.24, 2.45) is 0 Å². The average Bonchev–Trinajstić information content (AvgIpc) is 3.46. The van der Waals surface area contributed by atoms with Crippen molar-refractivity contribution in [3.8, 4) is 17.6 Å². The Balaban J connectivity index is 1.89. The Labute approximate surface area is 154 Å². The van der Waals surface area contributed by atoms with E-state index in [1.54, 1.807) is 13.0 Å². The van der Waals surface area contributed by atoms with Crippen LogP contribution < -0.4 is 9.47 Å². The van der Waals surface area contributed by atoms with Gasteiger partial charge in [0, 0.05) is 11.6 Å². The number of rotatable bonds is 7. The fraction of sp³-hybridized carbons (Fsp3) is 0.316. The first-order chi connectivity index (χ1) is 12.9. The van der Waals surface area contributed by atoms with Crippen molar-refractivity contribution >= 4 is 5.69 Å². The summed E-state index contributed by atoms with van der Waals surface area (Å²) in [6.45, 7) is 1.71. The van der Waals surface area contributed by atoms with Gasteiger partial charge in [0.2, 0.25) is 0 Å². The zero-order chi connectivity index (χ0) is 19.6. The van der Waals surface area contributed by atoms with Crippen LogP contribution >= 0.6 is 0 Å². The van der Waals surface area contributed by atoms with Crippen LogP contribution in [-0.2, 0) is 0 Å². The third kappa shape index (κ3) is 4.31. The monoisotopic (exact) mass is 374 g/mol. The molecule has 2 aromatic rings. The predicted molar refractivity (Wildman–Crippen MR) is 91.9 cm³/mol. The molecule has 0 N–H and O–H groups in total. The number of nitro benzene ring substituents is 1. The highest BCUT2D eigenvalue weighted by molar-refractivity contribution is 5.59. The fourth-order valence-corrected chi connectivity index (χ4v) is 2.51. The van der Waals surface area contributed by atoms with E-state index in [1.807, 2.05) is 0 Å². The van der Waals surface area contributed by atoms with Gasteiger partial charge in [-0.3, -0.25) is 10.1 Å². The van der Waals surface area contributed by atoms with Crippen LogP contribution in [0, 0.1) is 21.4 Å². The molecule has 8 heteroatoms. The summed E-state index contributed by atoms with van der Waals surface area (Å²) in [4.78, 5) is 10.5. The molecule has 0 spiro atoms. The highest BCUT2D eigenvalue weighted by atomic mass is 19.3. The number of nitro groups is 1. The minimum absolute atomic E-state index is 0.0273. The number of halogens is 2. The Kier molecular flexibility index (Phi) is 5.21. The van der Waals surface area contributed by atoms with Crippen LogP contribution in [0.5, 0.6) is 11.5 Å². The second-order valence-corrected chi connectivity index (χ2v) is 6.23. The molecule has 0 saturated heterocycles. The van der Waals surface area contributed by atoms with Gasteiger partial charge in [-0.1, -0.05) is 24.3 Å². The van der Waals surface area contributed by atoms with Crippen LogP contribution in [0.15, 0.2) is 36.4 Å². The molecule has 27 heavy (non-hydrogen) atoms. The molecule has 0 bridgehead atoms. The average molecular weight is 374 g/mol. The summed E-state index contributed by atoms with van der Waals surface area (Å²) in [6.07, 6.45) is -1.43. The lowest BCUT2D eigenvalue weighted by Gasteiger charge is -2.18. The number of nitrogens with zero attached hydrogens (tertiary/aromatic N) is 2. The normalized spacial score (nSPS) is 14.5. The summed E-state index contributed by atoms with van der Waals surface area (Å²) in [7, 11) is 0. The molecule has 1 atom stereocenters. The van der Waals surface area contributed by atoms with Crippen LogP contribution in [0.1, 0.15) is 49.0 Å². The lowest BCUT2D eigenvalue weighted by atomic mass is 10.1. The van der Waals surface area contributed by atoms with Crippen LogP contribution in [0.3, 0.4) is 0 Å². The molecule has 1 aliphatic rings. The molecule has 3 rings (SSSR count). The van der Waals surface area contributed by atoms with Gasteiger partial charge in [-0.25, -0.2) is 8.78 Å². The van der Waals surface area contributed by atoms with E-state index < -0.39 is 17.5 Å². The summed E-state index contributed by atoms with van der Waals surface area (Å²) in [5.41, 5.74) is 0.0623. The van der Waals surface area contributed by atoms with Crippen molar-refractivity contribution in [3.05, 3.63) is 63.2 Å². The van der Waals surface area contributed by atoms with E-state index in [-0.39, 0.29) is 34.4 Å². The van der Waals surface area contributed by atoms with E-state index in [2.05, 4.69) is 0 Å². The second-order valence-electron chi connectivity index (χ2n) is 6.23. The highest BCUT2D eigenvalue weighted by Gasteiger charge is 2.28. The number of nitriles is 1. The number of hydrogen-bond acceptors (Lipinski definition) is 5. The maximum atomic E-state index is 12.7. The Hall–Kier alpha value is -3.21. The summed E-state index contributed by atoms with van der Waals surface area (Å²) >= 11 is 0. The van der Waals surface area contributed by atoms with Crippen molar-refractivity contribution < 1.29 is 23.2 Å². The zero-order valence-corrected chi connectivity index (χ0v) is 14.4. The maximum absolute atomic E-state index is 12.7. The molecule has 0 heterocycles. The first kappa shape index (κ1) is 18.6. The molecule has 0 radical (unpaired) electrons. The van der Waals surface area contributed by atoms with E-state index in [4.69, 9.17) is 9.47 Å². The van der Waals surface area contributed by atoms with Crippen molar-refractivity contribution in [1.29, 1.82) is 5.26 Å². The molecule has 1 saturated carbocycles. The van der Waals surface area contributed by atoms with E-state index >= 15 is 0 Å². The molecule has 140 valence electrons. The summed E-state index contributed by atoms with van der Waals surface area (Å²) in [5, 5.41) is 20.4.